The largest absolute Gasteiger partial charge is 0.425 e. The van der Waals surface area contributed by atoms with Crippen molar-refractivity contribution in [3.8, 4) is 11.8 Å². The molecule has 0 spiro atoms. The SMILES string of the molecule is CCN1C=CN(c2ccc(Oc3nc4c(C)ccnc4n3C)cc2)C1. The van der Waals surface area contributed by atoms with E-state index in [1.54, 1.807) is 6.20 Å². The summed E-state index contributed by atoms with van der Waals surface area (Å²) in [6, 6.07) is 10.6. The first-order valence-electron chi connectivity index (χ1n) is 8.40. The molecule has 4 rings (SSSR count). The zero-order valence-corrected chi connectivity index (χ0v) is 14.7. The van der Waals surface area contributed by atoms with Crippen molar-refractivity contribution in [3.05, 3.63) is 54.5 Å². The maximum atomic E-state index is 5.97. The maximum absolute atomic E-state index is 5.97. The molecule has 2 aromatic heterocycles. The lowest BCUT2D eigenvalue weighted by molar-refractivity contribution is 0.426. The second-order valence-electron chi connectivity index (χ2n) is 6.16. The van der Waals surface area contributed by atoms with Gasteiger partial charge in [-0.3, -0.25) is 4.57 Å². The van der Waals surface area contributed by atoms with Gasteiger partial charge >= 0.3 is 6.01 Å². The predicted octanol–water partition coefficient (Wildman–Crippen LogP) is 3.64. The van der Waals surface area contributed by atoms with Crippen LogP contribution in [0.3, 0.4) is 0 Å². The molecule has 0 aliphatic carbocycles. The third-order valence-electron chi connectivity index (χ3n) is 4.49. The van der Waals surface area contributed by atoms with Crippen LogP contribution in [0.4, 0.5) is 5.69 Å². The monoisotopic (exact) mass is 335 g/mol. The summed E-state index contributed by atoms with van der Waals surface area (Å²) in [5.74, 6) is 0.760. The van der Waals surface area contributed by atoms with Crippen molar-refractivity contribution in [2.24, 2.45) is 7.05 Å². The highest BCUT2D eigenvalue weighted by Gasteiger charge is 2.14. The zero-order valence-electron chi connectivity index (χ0n) is 14.7. The van der Waals surface area contributed by atoms with Gasteiger partial charge in [0.1, 0.15) is 11.3 Å². The van der Waals surface area contributed by atoms with Gasteiger partial charge < -0.3 is 14.5 Å². The minimum absolute atomic E-state index is 0.544. The molecule has 25 heavy (non-hydrogen) atoms. The molecule has 1 aliphatic heterocycles. The Morgan fingerprint density at radius 3 is 2.60 bits per heavy atom. The summed E-state index contributed by atoms with van der Waals surface area (Å²) in [7, 11) is 1.92. The Labute approximate surface area is 147 Å². The summed E-state index contributed by atoms with van der Waals surface area (Å²) in [4.78, 5) is 13.4. The summed E-state index contributed by atoms with van der Waals surface area (Å²) in [6.45, 7) is 6.07. The second kappa shape index (κ2) is 6.12. The van der Waals surface area contributed by atoms with Crippen molar-refractivity contribution >= 4 is 16.9 Å². The number of imidazole rings is 1. The van der Waals surface area contributed by atoms with E-state index in [-0.39, 0.29) is 0 Å². The molecule has 0 fully saturated rings. The molecule has 0 N–H and O–H groups in total. The predicted molar refractivity (Wildman–Crippen MR) is 98.6 cm³/mol. The minimum atomic E-state index is 0.544. The van der Waals surface area contributed by atoms with Crippen LogP contribution < -0.4 is 9.64 Å². The van der Waals surface area contributed by atoms with Gasteiger partial charge in [-0.2, -0.15) is 4.98 Å². The fourth-order valence-electron chi connectivity index (χ4n) is 2.92. The minimum Gasteiger partial charge on any atom is -0.425 e. The van der Waals surface area contributed by atoms with E-state index in [1.807, 2.05) is 36.7 Å². The van der Waals surface area contributed by atoms with Crippen molar-refractivity contribution in [1.82, 2.24) is 19.4 Å². The lowest BCUT2D eigenvalue weighted by atomic mass is 10.3. The van der Waals surface area contributed by atoms with E-state index >= 15 is 0 Å². The third-order valence-corrected chi connectivity index (χ3v) is 4.49. The number of ether oxygens (including phenoxy) is 1. The number of pyridine rings is 1. The van der Waals surface area contributed by atoms with Crippen molar-refractivity contribution in [2.45, 2.75) is 13.8 Å². The Balaban J connectivity index is 1.55. The summed E-state index contributed by atoms with van der Waals surface area (Å²) in [5, 5.41) is 0. The molecule has 0 radical (unpaired) electrons. The number of rotatable bonds is 4. The number of anilines is 1. The fourth-order valence-corrected chi connectivity index (χ4v) is 2.92. The Kier molecular flexibility index (Phi) is 3.80. The first-order chi connectivity index (χ1) is 12.2. The molecule has 128 valence electrons. The quantitative estimate of drug-likeness (QED) is 0.728. The molecule has 0 amide bonds. The average Bonchev–Trinajstić information content (AvgIpc) is 3.23. The number of aromatic nitrogens is 3. The molecule has 0 unspecified atom stereocenters. The standard InChI is InChI=1S/C19H21N5O/c1-4-23-11-12-24(13-23)15-5-7-16(8-6-15)25-19-21-17-14(2)9-10-20-18(17)22(19)3/h5-12H,4,13H2,1-3H3. The molecule has 0 saturated heterocycles. The van der Waals surface area contributed by atoms with E-state index in [1.165, 1.54) is 0 Å². The lowest BCUT2D eigenvalue weighted by Crippen LogP contribution is -2.24. The van der Waals surface area contributed by atoms with E-state index in [2.05, 4.69) is 51.2 Å². The van der Waals surface area contributed by atoms with Gasteiger partial charge in [-0.1, -0.05) is 0 Å². The van der Waals surface area contributed by atoms with E-state index in [4.69, 9.17) is 4.74 Å². The van der Waals surface area contributed by atoms with E-state index < -0.39 is 0 Å². The highest BCUT2D eigenvalue weighted by molar-refractivity contribution is 5.75. The van der Waals surface area contributed by atoms with Gasteiger partial charge in [0.05, 0.1) is 6.67 Å². The van der Waals surface area contributed by atoms with E-state index in [0.29, 0.717) is 6.01 Å². The number of aryl methyl sites for hydroxylation is 2. The molecule has 3 heterocycles. The van der Waals surface area contributed by atoms with Crippen molar-refractivity contribution in [1.29, 1.82) is 0 Å². The number of fused-ring (bicyclic) bond motifs is 1. The van der Waals surface area contributed by atoms with Crippen LogP contribution in [0.5, 0.6) is 11.8 Å². The van der Waals surface area contributed by atoms with E-state index in [0.717, 1.165) is 41.4 Å². The van der Waals surface area contributed by atoms with Crippen molar-refractivity contribution in [2.75, 3.05) is 18.1 Å². The third kappa shape index (κ3) is 2.80. The van der Waals surface area contributed by atoms with Gasteiger partial charge in [-0.25, -0.2) is 4.98 Å². The highest BCUT2D eigenvalue weighted by atomic mass is 16.5. The molecule has 6 nitrogen and oxygen atoms in total. The van der Waals surface area contributed by atoms with Gasteiger partial charge in [0, 0.05) is 37.9 Å². The van der Waals surface area contributed by atoms with Crippen LogP contribution in [0.2, 0.25) is 0 Å². The van der Waals surface area contributed by atoms with Gasteiger partial charge in [0.2, 0.25) is 0 Å². The van der Waals surface area contributed by atoms with Crippen LogP contribution in [-0.2, 0) is 7.05 Å². The number of hydrogen-bond donors (Lipinski definition) is 0. The van der Waals surface area contributed by atoms with Crippen molar-refractivity contribution < 1.29 is 4.74 Å². The average molecular weight is 335 g/mol. The number of benzene rings is 1. The molecular weight excluding hydrogens is 314 g/mol. The molecule has 1 aromatic carbocycles. The molecule has 0 atom stereocenters. The molecule has 0 bridgehead atoms. The van der Waals surface area contributed by atoms with Gasteiger partial charge in [0.25, 0.3) is 0 Å². The zero-order chi connectivity index (χ0) is 17.4. The summed E-state index contributed by atoms with van der Waals surface area (Å²) >= 11 is 0. The van der Waals surface area contributed by atoms with Crippen LogP contribution in [0.1, 0.15) is 12.5 Å². The van der Waals surface area contributed by atoms with Gasteiger partial charge in [0.15, 0.2) is 5.65 Å². The normalized spacial score (nSPS) is 13.9. The maximum Gasteiger partial charge on any atom is 0.303 e. The van der Waals surface area contributed by atoms with E-state index in [9.17, 15) is 0 Å². The second-order valence-corrected chi connectivity index (χ2v) is 6.16. The summed E-state index contributed by atoms with van der Waals surface area (Å²) in [5.41, 5.74) is 3.93. The van der Waals surface area contributed by atoms with Gasteiger partial charge in [-0.15, -0.1) is 0 Å². The number of hydrogen-bond acceptors (Lipinski definition) is 5. The summed E-state index contributed by atoms with van der Waals surface area (Å²) in [6.07, 6.45) is 6.00. The molecular formula is C19H21N5O. The molecule has 6 heteroatoms. The lowest BCUT2D eigenvalue weighted by Gasteiger charge is -2.20. The first-order valence-corrected chi connectivity index (χ1v) is 8.40. The highest BCUT2D eigenvalue weighted by Crippen LogP contribution is 2.27. The van der Waals surface area contributed by atoms with Crippen molar-refractivity contribution in [3.63, 3.8) is 0 Å². The molecule has 0 saturated carbocycles. The fraction of sp³-hybridized carbons (Fsp3) is 0.263. The molecule has 1 aliphatic rings. The van der Waals surface area contributed by atoms with Crippen LogP contribution in [0, 0.1) is 6.92 Å². The van der Waals surface area contributed by atoms with Crippen LogP contribution >= 0.6 is 0 Å². The smallest absolute Gasteiger partial charge is 0.303 e. The Bertz CT molecular complexity index is 929. The topological polar surface area (TPSA) is 46.4 Å². The number of nitrogens with zero attached hydrogens (tertiary/aromatic N) is 5. The van der Waals surface area contributed by atoms with Crippen LogP contribution in [0.25, 0.3) is 11.2 Å². The first kappa shape index (κ1) is 15.5. The van der Waals surface area contributed by atoms with Crippen LogP contribution in [-0.4, -0.2) is 32.6 Å². The van der Waals surface area contributed by atoms with Crippen LogP contribution in [0.15, 0.2) is 48.9 Å². The van der Waals surface area contributed by atoms with Gasteiger partial charge in [-0.05, 0) is 49.7 Å². The Morgan fingerprint density at radius 1 is 1.12 bits per heavy atom. The molecule has 3 aromatic rings. The summed E-state index contributed by atoms with van der Waals surface area (Å²) < 4.78 is 7.85. The Hall–Kier alpha value is -3.02. The Morgan fingerprint density at radius 2 is 1.92 bits per heavy atom.